The smallest absolute Gasteiger partial charge is 0.272 e. The number of piperidine rings is 1. The molecule has 0 saturated carbocycles. The number of hydrogen-bond donors (Lipinski definition) is 1. The standard InChI is InChI=1S/C32H31N5O4/c1-35-28-24-12-6-7-13-25(24)37(20-26(38)21-9-4-3-5-10-21)32(40)27(28)30(41-2)29(35)31(39)34-22-14-17-36(18-15-22)23-11-8-16-33-19-23/h3-13,16,19,22H,14-15,17-18,20H2,1-2H3,(H,34,39). The first kappa shape index (κ1) is 26.3. The number of pyridine rings is 2. The maximum Gasteiger partial charge on any atom is 0.272 e. The molecule has 1 amide bonds. The molecule has 5 aromatic rings. The average Bonchev–Trinajstić information content (AvgIpc) is 3.32. The molecule has 9 heteroatoms. The number of methoxy groups -OCH3 is 1. The van der Waals surface area contributed by atoms with Crippen LogP contribution in [0.1, 0.15) is 33.7 Å². The molecule has 0 spiro atoms. The third kappa shape index (κ3) is 4.73. The number of amides is 1. The molecule has 208 valence electrons. The molecule has 0 bridgehead atoms. The van der Waals surface area contributed by atoms with Gasteiger partial charge in [-0.15, -0.1) is 0 Å². The van der Waals surface area contributed by atoms with Gasteiger partial charge in [0, 0.05) is 43.3 Å². The van der Waals surface area contributed by atoms with E-state index in [-0.39, 0.29) is 46.7 Å². The highest BCUT2D eigenvalue weighted by Crippen LogP contribution is 2.35. The third-order valence-corrected chi connectivity index (χ3v) is 7.92. The molecule has 1 fully saturated rings. The molecule has 1 aliphatic heterocycles. The Balaban J connectivity index is 1.36. The molecular formula is C32H31N5O4. The van der Waals surface area contributed by atoms with Crippen LogP contribution in [0, 0.1) is 0 Å². The molecule has 9 nitrogen and oxygen atoms in total. The first-order chi connectivity index (χ1) is 20.0. The van der Waals surface area contributed by atoms with Gasteiger partial charge in [0.25, 0.3) is 11.5 Å². The molecule has 0 radical (unpaired) electrons. The number of hydrogen-bond acceptors (Lipinski definition) is 6. The number of carbonyl (C=O) groups is 2. The molecule has 0 unspecified atom stereocenters. The third-order valence-electron chi connectivity index (χ3n) is 7.92. The maximum atomic E-state index is 14.0. The maximum absolute atomic E-state index is 14.0. The van der Waals surface area contributed by atoms with Gasteiger partial charge in [-0.3, -0.25) is 23.9 Å². The molecule has 0 atom stereocenters. The molecule has 1 saturated heterocycles. The molecule has 41 heavy (non-hydrogen) atoms. The summed E-state index contributed by atoms with van der Waals surface area (Å²) in [7, 11) is 3.24. The van der Waals surface area contributed by atoms with Crippen molar-refractivity contribution in [3.05, 3.63) is 101 Å². The SMILES string of the molecule is COc1c(C(=O)NC2CCN(c3cccnc3)CC2)n(C)c2c1c(=O)n(CC(=O)c1ccccc1)c1ccccc21. The van der Waals surface area contributed by atoms with Crippen LogP contribution in [-0.2, 0) is 13.6 Å². The van der Waals surface area contributed by atoms with Gasteiger partial charge in [0.1, 0.15) is 5.39 Å². The second-order valence-electron chi connectivity index (χ2n) is 10.3. The fourth-order valence-electron chi connectivity index (χ4n) is 5.87. The van der Waals surface area contributed by atoms with Gasteiger partial charge in [-0.05, 0) is 31.0 Å². The lowest BCUT2D eigenvalue weighted by molar-refractivity contribution is 0.0918. The van der Waals surface area contributed by atoms with Crippen molar-refractivity contribution in [2.24, 2.45) is 7.05 Å². The second kappa shape index (κ2) is 10.9. The highest BCUT2D eigenvalue weighted by Gasteiger charge is 2.30. The number of Topliss-reactive ketones (excluding diaryl/α,β-unsaturated/α-hetero) is 1. The summed E-state index contributed by atoms with van der Waals surface area (Å²) in [6, 6.07) is 20.3. The highest BCUT2D eigenvalue weighted by molar-refractivity contribution is 6.12. The number of aryl methyl sites for hydroxylation is 1. The van der Waals surface area contributed by atoms with Crippen LogP contribution in [0.25, 0.3) is 21.8 Å². The quantitative estimate of drug-likeness (QED) is 0.306. The van der Waals surface area contributed by atoms with E-state index in [1.807, 2.05) is 48.7 Å². The van der Waals surface area contributed by atoms with E-state index in [1.54, 1.807) is 42.1 Å². The van der Waals surface area contributed by atoms with Gasteiger partial charge in [0.05, 0.1) is 36.6 Å². The fourth-order valence-corrected chi connectivity index (χ4v) is 5.87. The van der Waals surface area contributed by atoms with Gasteiger partial charge < -0.3 is 19.5 Å². The van der Waals surface area contributed by atoms with Crippen molar-refractivity contribution in [1.82, 2.24) is 19.4 Å². The number of benzene rings is 2. The van der Waals surface area contributed by atoms with Crippen LogP contribution in [-0.4, -0.2) is 52.0 Å². The van der Waals surface area contributed by atoms with E-state index in [4.69, 9.17) is 4.74 Å². The van der Waals surface area contributed by atoms with Crippen molar-refractivity contribution in [1.29, 1.82) is 0 Å². The first-order valence-electron chi connectivity index (χ1n) is 13.7. The Bertz CT molecular complexity index is 1800. The van der Waals surface area contributed by atoms with E-state index >= 15 is 0 Å². The number of ketones is 1. The lowest BCUT2D eigenvalue weighted by Gasteiger charge is -2.33. The van der Waals surface area contributed by atoms with Gasteiger partial charge in [-0.25, -0.2) is 0 Å². The van der Waals surface area contributed by atoms with E-state index in [2.05, 4.69) is 15.2 Å². The molecular weight excluding hydrogens is 518 g/mol. The van der Waals surface area contributed by atoms with Crippen molar-refractivity contribution >= 4 is 39.2 Å². The number of fused-ring (bicyclic) bond motifs is 3. The minimum Gasteiger partial charge on any atom is -0.493 e. The number of rotatable bonds is 7. The fraction of sp³-hybridized carbons (Fsp3) is 0.250. The Kier molecular flexibility index (Phi) is 7.01. The number of aromatic nitrogens is 3. The van der Waals surface area contributed by atoms with Crippen molar-refractivity contribution in [3.8, 4) is 5.75 Å². The lowest BCUT2D eigenvalue weighted by atomic mass is 10.0. The van der Waals surface area contributed by atoms with Crippen LogP contribution in [0.15, 0.2) is 83.9 Å². The molecule has 4 heterocycles. The average molecular weight is 550 g/mol. The zero-order chi connectivity index (χ0) is 28.5. The van der Waals surface area contributed by atoms with Crippen LogP contribution in [0.2, 0.25) is 0 Å². The largest absolute Gasteiger partial charge is 0.493 e. The summed E-state index contributed by atoms with van der Waals surface area (Å²) in [5, 5.41) is 4.21. The van der Waals surface area contributed by atoms with E-state index in [0.29, 0.717) is 16.6 Å². The van der Waals surface area contributed by atoms with Gasteiger partial charge in [-0.1, -0.05) is 48.5 Å². The van der Waals surface area contributed by atoms with Crippen molar-refractivity contribution in [2.45, 2.75) is 25.4 Å². The summed E-state index contributed by atoms with van der Waals surface area (Å²) in [6.45, 7) is 1.47. The predicted molar refractivity (Wildman–Crippen MR) is 159 cm³/mol. The van der Waals surface area contributed by atoms with Crippen LogP contribution >= 0.6 is 0 Å². The van der Waals surface area contributed by atoms with Crippen LogP contribution in [0.4, 0.5) is 5.69 Å². The van der Waals surface area contributed by atoms with E-state index in [0.717, 1.165) is 37.0 Å². The van der Waals surface area contributed by atoms with E-state index in [9.17, 15) is 14.4 Å². The van der Waals surface area contributed by atoms with Gasteiger partial charge >= 0.3 is 0 Å². The summed E-state index contributed by atoms with van der Waals surface area (Å²) in [5.74, 6) is -0.261. The molecule has 6 rings (SSSR count). The second-order valence-corrected chi connectivity index (χ2v) is 10.3. The lowest BCUT2D eigenvalue weighted by Crippen LogP contribution is -2.45. The number of anilines is 1. The van der Waals surface area contributed by atoms with Crippen molar-refractivity contribution in [2.75, 3.05) is 25.1 Å². The number of ether oxygens (including phenoxy) is 1. The Morgan fingerprint density at radius 2 is 1.73 bits per heavy atom. The number of para-hydroxylation sites is 1. The Labute approximate surface area is 237 Å². The summed E-state index contributed by atoms with van der Waals surface area (Å²) >= 11 is 0. The zero-order valence-corrected chi connectivity index (χ0v) is 23.0. The monoisotopic (exact) mass is 549 g/mol. The van der Waals surface area contributed by atoms with Crippen LogP contribution in [0.5, 0.6) is 5.75 Å². The van der Waals surface area contributed by atoms with Crippen molar-refractivity contribution < 1.29 is 14.3 Å². The minimum absolute atomic E-state index is 0.0185. The summed E-state index contributed by atoms with van der Waals surface area (Å²) < 4.78 is 8.96. The first-order valence-corrected chi connectivity index (χ1v) is 13.7. The number of nitrogens with one attached hydrogen (secondary N) is 1. The molecule has 1 N–H and O–H groups in total. The summed E-state index contributed by atoms with van der Waals surface area (Å²) in [6.07, 6.45) is 5.17. The number of carbonyl (C=O) groups excluding carboxylic acids is 2. The minimum atomic E-state index is -0.376. The van der Waals surface area contributed by atoms with Gasteiger partial charge in [0.15, 0.2) is 17.2 Å². The molecule has 0 aliphatic carbocycles. The topological polar surface area (TPSA) is 98.5 Å². The summed E-state index contributed by atoms with van der Waals surface area (Å²) in [4.78, 5) is 47.4. The Morgan fingerprint density at radius 1 is 1.00 bits per heavy atom. The zero-order valence-electron chi connectivity index (χ0n) is 23.0. The van der Waals surface area contributed by atoms with E-state index < -0.39 is 0 Å². The van der Waals surface area contributed by atoms with Gasteiger partial charge in [0.2, 0.25) is 0 Å². The van der Waals surface area contributed by atoms with E-state index in [1.165, 1.54) is 11.7 Å². The molecule has 1 aliphatic rings. The Morgan fingerprint density at radius 3 is 2.44 bits per heavy atom. The summed E-state index contributed by atoms with van der Waals surface area (Å²) in [5.41, 5.74) is 2.72. The predicted octanol–water partition coefficient (Wildman–Crippen LogP) is 4.18. The normalized spacial score (nSPS) is 14.0. The molecule has 3 aromatic heterocycles. The molecule has 2 aromatic carbocycles. The van der Waals surface area contributed by atoms with Gasteiger partial charge in [-0.2, -0.15) is 0 Å². The number of nitrogens with zero attached hydrogens (tertiary/aromatic N) is 4. The van der Waals surface area contributed by atoms with Crippen LogP contribution in [0.3, 0.4) is 0 Å². The van der Waals surface area contributed by atoms with Crippen molar-refractivity contribution in [3.63, 3.8) is 0 Å². The van der Waals surface area contributed by atoms with Crippen LogP contribution < -0.4 is 20.5 Å². The highest BCUT2D eigenvalue weighted by atomic mass is 16.5. The Hall–Kier alpha value is -4.92.